The van der Waals surface area contributed by atoms with E-state index in [2.05, 4.69) is 5.32 Å². The number of hydrogen-bond donors (Lipinski definition) is 2. The SMILES string of the molecule is CC.Oc1ccc2c(c1)NCCO2. The van der Waals surface area contributed by atoms with Crippen LogP contribution in [0.15, 0.2) is 18.2 Å². The van der Waals surface area contributed by atoms with Crippen LogP contribution in [0, 0.1) is 0 Å². The van der Waals surface area contributed by atoms with Crippen molar-refractivity contribution in [2.45, 2.75) is 13.8 Å². The van der Waals surface area contributed by atoms with Crippen molar-refractivity contribution in [3.05, 3.63) is 18.2 Å². The van der Waals surface area contributed by atoms with Gasteiger partial charge in [-0.3, -0.25) is 0 Å². The van der Waals surface area contributed by atoms with E-state index in [0.717, 1.165) is 18.0 Å². The van der Waals surface area contributed by atoms with E-state index in [4.69, 9.17) is 9.84 Å². The van der Waals surface area contributed by atoms with E-state index < -0.39 is 0 Å². The molecule has 0 bridgehead atoms. The van der Waals surface area contributed by atoms with Crippen LogP contribution >= 0.6 is 0 Å². The van der Waals surface area contributed by atoms with Gasteiger partial charge in [-0.05, 0) is 12.1 Å². The monoisotopic (exact) mass is 181 g/mol. The van der Waals surface area contributed by atoms with E-state index in [0.29, 0.717) is 6.61 Å². The summed E-state index contributed by atoms with van der Waals surface area (Å²) in [6.07, 6.45) is 0. The second-order valence-electron chi connectivity index (χ2n) is 2.46. The molecule has 1 aromatic carbocycles. The van der Waals surface area contributed by atoms with Gasteiger partial charge < -0.3 is 15.2 Å². The first-order valence-corrected chi connectivity index (χ1v) is 4.56. The first kappa shape index (κ1) is 9.71. The predicted molar refractivity (Wildman–Crippen MR) is 53.4 cm³/mol. The highest BCUT2D eigenvalue weighted by atomic mass is 16.5. The van der Waals surface area contributed by atoms with Crippen LogP contribution in [0.25, 0.3) is 0 Å². The minimum atomic E-state index is 0.266. The second kappa shape index (κ2) is 4.60. The lowest BCUT2D eigenvalue weighted by molar-refractivity contribution is 0.322. The Kier molecular flexibility index (Phi) is 3.43. The van der Waals surface area contributed by atoms with Crippen molar-refractivity contribution >= 4 is 5.69 Å². The minimum Gasteiger partial charge on any atom is -0.508 e. The Morgan fingerprint density at radius 2 is 2.15 bits per heavy atom. The van der Waals surface area contributed by atoms with Crippen molar-refractivity contribution < 1.29 is 9.84 Å². The van der Waals surface area contributed by atoms with Gasteiger partial charge >= 0.3 is 0 Å². The maximum atomic E-state index is 9.09. The number of anilines is 1. The summed E-state index contributed by atoms with van der Waals surface area (Å²) < 4.78 is 5.30. The zero-order chi connectivity index (χ0) is 9.68. The van der Waals surface area contributed by atoms with Crippen molar-refractivity contribution in [1.82, 2.24) is 0 Å². The molecule has 0 saturated carbocycles. The Bertz CT molecular complexity index is 274. The van der Waals surface area contributed by atoms with E-state index >= 15 is 0 Å². The predicted octanol–water partition coefficient (Wildman–Crippen LogP) is 2.22. The number of aromatic hydroxyl groups is 1. The van der Waals surface area contributed by atoms with Crippen molar-refractivity contribution in [3.8, 4) is 11.5 Å². The molecular formula is C10H15NO2. The summed E-state index contributed by atoms with van der Waals surface area (Å²) in [5.74, 6) is 1.08. The number of phenols is 1. The number of phenolic OH excluding ortho intramolecular Hbond substituents is 1. The van der Waals surface area contributed by atoms with E-state index in [1.54, 1.807) is 18.2 Å². The molecule has 0 radical (unpaired) electrons. The van der Waals surface area contributed by atoms with Crippen LogP contribution in [0.2, 0.25) is 0 Å². The zero-order valence-corrected chi connectivity index (χ0v) is 8.00. The molecule has 3 heteroatoms. The molecule has 13 heavy (non-hydrogen) atoms. The molecule has 0 spiro atoms. The van der Waals surface area contributed by atoms with Gasteiger partial charge in [0.15, 0.2) is 0 Å². The summed E-state index contributed by atoms with van der Waals surface area (Å²) in [5.41, 5.74) is 0.872. The topological polar surface area (TPSA) is 41.5 Å². The van der Waals surface area contributed by atoms with Gasteiger partial charge in [0.2, 0.25) is 0 Å². The molecule has 0 atom stereocenters. The van der Waals surface area contributed by atoms with E-state index in [9.17, 15) is 0 Å². The van der Waals surface area contributed by atoms with Gasteiger partial charge in [0, 0.05) is 12.6 Å². The van der Waals surface area contributed by atoms with Crippen LogP contribution < -0.4 is 10.1 Å². The molecule has 0 aliphatic carbocycles. The average molecular weight is 181 g/mol. The van der Waals surface area contributed by atoms with Crippen LogP contribution in [0.4, 0.5) is 5.69 Å². The fraction of sp³-hybridized carbons (Fsp3) is 0.400. The van der Waals surface area contributed by atoms with E-state index in [1.807, 2.05) is 13.8 Å². The largest absolute Gasteiger partial charge is 0.508 e. The van der Waals surface area contributed by atoms with Crippen LogP contribution in [-0.2, 0) is 0 Å². The van der Waals surface area contributed by atoms with Gasteiger partial charge in [0.25, 0.3) is 0 Å². The molecule has 1 aliphatic heterocycles. The number of ether oxygens (including phenoxy) is 1. The highest BCUT2D eigenvalue weighted by Gasteiger charge is 2.08. The molecule has 0 saturated heterocycles. The lowest BCUT2D eigenvalue weighted by atomic mass is 10.2. The standard InChI is InChI=1S/C8H9NO2.C2H6/c10-6-1-2-8-7(5-6)9-3-4-11-8;1-2/h1-2,5,9-10H,3-4H2;1-2H3. The van der Waals surface area contributed by atoms with Gasteiger partial charge in [0.1, 0.15) is 18.1 Å². The number of hydrogen-bond acceptors (Lipinski definition) is 3. The molecule has 0 unspecified atom stereocenters. The van der Waals surface area contributed by atoms with Crippen molar-refractivity contribution in [3.63, 3.8) is 0 Å². The summed E-state index contributed by atoms with van der Waals surface area (Å²) in [7, 11) is 0. The summed E-state index contributed by atoms with van der Waals surface area (Å²) in [6, 6.07) is 5.04. The lowest BCUT2D eigenvalue weighted by Gasteiger charge is -2.18. The number of nitrogens with one attached hydrogen (secondary N) is 1. The summed E-state index contributed by atoms with van der Waals surface area (Å²) >= 11 is 0. The molecule has 0 aromatic heterocycles. The average Bonchev–Trinajstić information content (AvgIpc) is 2.21. The Balaban J connectivity index is 0.000000396. The van der Waals surface area contributed by atoms with Gasteiger partial charge in [-0.2, -0.15) is 0 Å². The quantitative estimate of drug-likeness (QED) is 0.644. The summed E-state index contributed by atoms with van der Waals surface area (Å²) in [4.78, 5) is 0. The Hall–Kier alpha value is -1.38. The Labute approximate surface area is 78.3 Å². The molecule has 2 rings (SSSR count). The maximum Gasteiger partial charge on any atom is 0.142 e. The van der Waals surface area contributed by atoms with Crippen LogP contribution in [0.5, 0.6) is 11.5 Å². The zero-order valence-electron chi connectivity index (χ0n) is 8.00. The number of rotatable bonds is 0. The Morgan fingerprint density at radius 3 is 2.92 bits per heavy atom. The first-order valence-electron chi connectivity index (χ1n) is 4.56. The molecule has 0 amide bonds. The van der Waals surface area contributed by atoms with E-state index in [1.165, 1.54) is 0 Å². The number of fused-ring (bicyclic) bond motifs is 1. The van der Waals surface area contributed by atoms with Gasteiger partial charge in [0.05, 0.1) is 5.69 Å². The Morgan fingerprint density at radius 1 is 1.38 bits per heavy atom. The fourth-order valence-electron chi connectivity index (χ4n) is 1.13. The summed E-state index contributed by atoms with van der Waals surface area (Å²) in [5, 5.41) is 12.2. The van der Waals surface area contributed by atoms with Gasteiger partial charge in [-0.25, -0.2) is 0 Å². The van der Waals surface area contributed by atoms with Gasteiger partial charge in [-0.15, -0.1) is 0 Å². The highest BCUT2D eigenvalue weighted by Crippen LogP contribution is 2.30. The summed E-state index contributed by atoms with van der Waals surface area (Å²) in [6.45, 7) is 5.49. The third-order valence-corrected chi connectivity index (χ3v) is 1.64. The smallest absolute Gasteiger partial charge is 0.142 e. The molecule has 1 heterocycles. The lowest BCUT2D eigenvalue weighted by Crippen LogP contribution is -2.17. The normalized spacial score (nSPS) is 12.8. The molecular weight excluding hydrogens is 166 g/mol. The van der Waals surface area contributed by atoms with Crippen molar-refractivity contribution in [2.24, 2.45) is 0 Å². The molecule has 3 nitrogen and oxygen atoms in total. The van der Waals surface area contributed by atoms with Crippen molar-refractivity contribution in [1.29, 1.82) is 0 Å². The molecule has 2 N–H and O–H groups in total. The van der Waals surface area contributed by atoms with Crippen LogP contribution in [0.1, 0.15) is 13.8 Å². The third-order valence-electron chi connectivity index (χ3n) is 1.64. The third kappa shape index (κ3) is 2.28. The van der Waals surface area contributed by atoms with Crippen LogP contribution in [-0.4, -0.2) is 18.3 Å². The number of benzene rings is 1. The molecule has 1 aliphatic rings. The second-order valence-corrected chi connectivity index (χ2v) is 2.46. The van der Waals surface area contributed by atoms with Gasteiger partial charge in [-0.1, -0.05) is 13.8 Å². The first-order chi connectivity index (χ1) is 6.36. The fourth-order valence-corrected chi connectivity index (χ4v) is 1.13. The molecule has 72 valence electrons. The molecule has 1 aromatic rings. The minimum absolute atomic E-state index is 0.266. The molecule has 0 fully saturated rings. The van der Waals surface area contributed by atoms with Crippen LogP contribution in [0.3, 0.4) is 0 Å². The highest BCUT2D eigenvalue weighted by molar-refractivity contribution is 5.60. The maximum absolute atomic E-state index is 9.09. The van der Waals surface area contributed by atoms with E-state index in [-0.39, 0.29) is 5.75 Å². The van der Waals surface area contributed by atoms with Crippen molar-refractivity contribution in [2.75, 3.05) is 18.5 Å².